The van der Waals surface area contributed by atoms with E-state index in [0.29, 0.717) is 0 Å². The number of hydrogen-bond acceptors (Lipinski definition) is 3. The zero-order chi connectivity index (χ0) is 9.56. The Kier molecular flexibility index (Phi) is 5.85. The van der Waals surface area contributed by atoms with E-state index in [2.05, 4.69) is 6.92 Å². The number of rotatable bonds is 5. The van der Waals surface area contributed by atoms with Gasteiger partial charge in [0.05, 0.1) is 5.76 Å². The molecule has 4 heteroatoms. The summed E-state index contributed by atoms with van der Waals surface area (Å²) >= 11 is 0. The van der Waals surface area contributed by atoms with E-state index in [0.717, 1.165) is 12.2 Å². The fourth-order valence-electron chi connectivity index (χ4n) is 0.686. The van der Waals surface area contributed by atoms with E-state index in [-0.39, 0.29) is 0 Å². The first-order valence-electron chi connectivity index (χ1n) is 4.04. The van der Waals surface area contributed by atoms with Crippen molar-refractivity contribution in [2.24, 2.45) is 0 Å². The molecule has 0 fully saturated rings. The molecule has 0 aliphatic heterocycles. The summed E-state index contributed by atoms with van der Waals surface area (Å²) in [4.78, 5) is 0. The lowest BCUT2D eigenvalue weighted by Crippen LogP contribution is -2.23. The molecule has 0 radical (unpaired) electrons. The highest BCUT2D eigenvalue weighted by molar-refractivity contribution is 6.36. The molecule has 0 amide bonds. The van der Waals surface area contributed by atoms with Gasteiger partial charge in [0.2, 0.25) is 0 Å². The molecule has 0 aliphatic rings. The van der Waals surface area contributed by atoms with Gasteiger partial charge >= 0.3 is 7.32 Å². The van der Waals surface area contributed by atoms with Crippen LogP contribution in [0.3, 0.4) is 0 Å². The molecule has 0 atom stereocenters. The average Bonchev–Trinajstić information content (AvgIpc) is 2.12. The van der Waals surface area contributed by atoms with E-state index in [9.17, 15) is 0 Å². The first-order valence-corrected chi connectivity index (χ1v) is 4.04. The molecule has 0 spiro atoms. The van der Waals surface area contributed by atoms with Crippen molar-refractivity contribution in [2.75, 3.05) is 14.2 Å². The average molecular weight is 172 g/mol. The van der Waals surface area contributed by atoms with E-state index in [1.54, 1.807) is 14.2 Å². The number of hydrogen-bond donors (Lipinski definition) is 0. The molecule has 0 aromatic rings. The van der Waals surface area contributed by atoms with Gasteiger partial charge in [0.1, 0.15) is 0 Å². The molecule has 0 saturated heterocycles. The monoisotopic (exact) mass is 172 g/mol. The van der Waals surface area contributed by atoms with Crippen LogP contribution in [0.2, 0.25) is 0 Å². The van der Waals surface area contributed by atoms with Crippen LogP contribution in [0.5, 0.6) is 0 Å². The van der Waals surface area contributed by atoms with Gasteiger partial charge in [-0.25, -0.2) is 0 Å². The highest BCUT2D eigenvalue weighted by Gasteiger charge is 2.19. The van der Waals surface area contributed by atoms with Gasteiger partial charge in [0.15, 0.2) is 0 Å². The van der Waals surface area contributed by atoms with E-state index in [1.807, 2.05) is 13.8 Å². The Labute approximate surface area is 74.9 Å². The zero-order valence-corrected chi connectivity index (χ0v) is 8.51. The Balaban J connectivity index is 4.05. The van der Waals surface area contributed by atoms with E-state index in [4.69, 9.17) is 14.0 Å². The van der Waals surface area contributed by atoms with Gasteiger partial charge < -0.3 is 14.0 Å². The summed E-state index contributed by atoms with van der Waals surface area (Å²) in [5.41, 5.74) is 1.20. The summed E-state index contributed by atoms with van der Waals surface area (Å²) in [6.45, 7) is 6.01. The summed E-state index contributed by atoms with van der Waals surface area (Å²) in [5, 5.41) is 0. The minimum Gasteiger partial charge on any atom is -0.516 e. The third-order valence-electron chi connectivity index (χ3n) is 1.79. The van der Waals surface area contributed by atoms with Crippen LogP contribution in [0, 0.1) is 0 Å². The molecule has 0 saturated carbocycles. The lowest BCUT2D eigenvalue weighted by Gasteiger charge is -2.12. The van der Waals surface area contributed by atoms with Crippen molar-refractivity contribution in [2.45, 2.75) is 27.2 Å². The first kappa shape index (κ1) is 11.5. The van der Waals surface area contributed by atoms with Gasteiger partial charge in [-0.1, -0.05) is 6.92 Å². The standard InChI is InChI=1S/C8H17BO3/c1-6-7(2)8(3)12-9(10-4)11-5/h6H2,1-5H3/b8-7+. The molecular formula is C8H17BO3. The summed E-state index contributed by atoms with van der Waals surface area (Å²) in [6, 6.07) is 0. The maximum absolute atomic E-state index is 5.34. The largest absolute Gasteiger partial charge is 0.712 e. The molecule has 0 N–H and O–H groups in total. The Morgan fingerprint density at radius 1 is 1.17 bits per heavy atom. The third kappa shape index (κ3) is 3.78. The second kappa shape index (κ2) is 6.09. The van der Waals surface area contributed by atoms with Crippen molar-refractivity contribution in [3.05, 3.63) is 11.3 Å². The summed E-state index contributed by atoms with van der Waals surface area (Å²) in [6.07, 6.45) is 0.978. The van der Waals surface area contributed by atoms with Gasteiger partial charge in [0, 0.05) is 14.2 Å². The van der Waals surface area contributed by atoms with Crippen molar-refractivity contribution >= 4 is 7.32 Å². The van der Waals surface area contributed by atoms with Crippen molar-refractivity contribution in [3.8, 4) is 0 Å². The Morgan fingerprint density at radius 2 is 1.67 bits per heavy atom. The van der Waals surface area contributed by atoms with Crippen LogP contribution in [0.4, 0.5) is 0 Å². The SMILES string of the molecule is CC/C(C)=C(\C)OB(OC)OC. The van der Waals surface area contributed by atoms with Gasteiger partial charge in [-0.05, 0) is 25.8 Å². The second-order valence-corrected chi connectivity index (χ2v) is 2.57. The Bertz CT molecular complexity index is 152. The van der Waals surface area contributed by atoms with Crippen LogP contribution in [-0.4, -0.2) is 21.5 Å². The molecule has 12 heavy (non-hydrogen) atoms. The molecule has 70 valence electrons. The minimum atomic E-state index is -0.591. The molecule has 0 aromatic carbocycles. The molecule has 0 heterocycles. The fourth-order valence-corrected chi connectivity index (χ4v) is 0.686. The lowest BCUT2D eigenvalue weighted by atomic mass is 10.2. The number of allylic oxidation sites excluding steroid dienone is 2. The van der Waals surface area contributed by atoms with E-state index >= 15 is 0 Å². The van der Waals surface area contributed by atoms with Crippen molar-refractivity contribution in [1.82, 2.24) is 0 Å². The van der Waals surface area contributed by atoms with Crippen molar-refractivity contribution in [1.29, 1.82) is 0 Å². The summed E-state index contributed by atoms with van der Waals surface area (Å²) in [5.74, 6) is 0.867. The molecule has 0 bridgehead atoms. The molecule has 3 nitrogen and oxygen atoms in total. The topological polar surface area (TPSA) is 27.7 Å². The van der Waals surface area contributed by atoms with Crippen LogP contribution < -0.4 is 0 Å². The molecular weight excluding hydrogens is 155 g/mol. The first-order chi connectivity index (χ1) is 5.65. The summed E-state index contributed by atoms with van der Waals surface area (Å²) in [7, 11) is 2.50. The van der Waals surface area contributed by atoms with Gasteiger partial charge in [0.25, 0.3) is 0 Å². The van der Waals surface area contributed by atoms with E-state index < -0.39 is 7.32 Å². The van der Waals surface area contributed by atoms with Crippen molar-refractivity contribution < 1.29 is 14.0 Å². The normalized spacial score (nSPS) is 12.4. The maximum atomic E-state index is 5.34. The quantitative estimate of drug-likeness (QED) is 0.468. The van der Waals surface area contributed by atoms with Crippen LogP contribution in [0.25, 0.3) is 0 Å². The van der Waals surface area contributed by atoms with Gasteiger partial charge in [-0.2, -0.15) is 0 Å². The van der Waals surface area contributed by atoms with Crippen LogP contribution in [-0.2, 0) is 14.0 Å². The second-order valence-electron chi connectivity index (χ2n) is 2.57. The zero-order valence-electron chi connectivity index (χ0n) is 8.51. The fraction of sp³-hybridized carbons (Fsp3) is 0.750. The van der Waals surface area contributed by atoms with E-state index in [1.165, 1.54) is 5.57 Å². The molecule has 0 aliphatic carbocycles. The highest BCUT2D eigenvalue weighted by atomic mass is 16.7. The van der Waals surface area contributed by atoms with Crippen LogP contribution in [0.1, 0.15) is 27.2 Å². The van der Waals surface area contributed by atoms with Crippen LogP contribution in [0.15, 0.2) is 11.3 Å². The predicted octanol–water partition coefficient (Wildman–Crippen LogP) is 1.98. The maximum Gasteiger partial charge on any atom is 0.712 e. The smallest absolute Gasteiger partial charge is 0.516 e. The van der Waals surface area contributed by atoms with Crippen LogP contribution >= 0.6 is 0 Å². The molecule has 0 unspecified atom stereocenters. The molecule has 0 rings (SSSR count). The predicted molar refractivity (Wildman–Crippen MR) is 49.5 cm³/mol. The third-order valence-corrected chi connectivity index (χ3v) is 1.79. The highest BCUT2D eigenvalue weighted by Crippen LogP contribution is 2.09. The van der Waals surface area contributed by atoms with Gasteiger partial charge in [-0.3, -0.25) is 0 Å². The van der Waals surface area contributed by atoms with Crippen molar-refractivity contribution in [3.63, 3.8) is 0 Å². The Morgan fingerprint density at radius 3 is 2.00 bits per heavy atom. The minimum absolute atomic E-state index is 0.591. The Hall–Kier alpha value is -0.475. The van der Waals surface area contributed by atoms with Gasteiger partial charge in [-0.15, -0.1) is 0 Å². The lowest BCUT2D eigenvalue weighted by molar-refractivity contribution is 0.168. The summed E-state index contributed by atoms with van der Waals surface area (Å²) < 4.78 is 15.1. The molecule has 0 aromatic heterocycles.